The van der Waals surface area contributed by atoms with E-state index in [1.165, 1.54) is 0 Å². The number of hydrogen-bond acceptors (Lipinski definition) is 4. The number of fused-ring (bicyclic) bond motifs is 3. The van der Waals surface area contributed by atoms with Crippen LogP contribution in [0.3, 0.4) is 0 Å². The highest BCUT2D eigenvalue weighted by molar-refractivity contribution is 6.05. The van der Waals surface area contributed by atoms with Crippen LogP contribution in [0.15, 0.2) is 57.8 Å². The van der Waals surface area contributed by atoms with Gasteiger partial charge in [-0.3, -0.25) is 9.36 Å². The van der Waals surface area contributed by atoms with Gasteiger partial charge in [-0.05, 0) is 17.5 Å². The lowest BCUT2D eigenvalue weighted by Crippen LogP contribution is -2.22. The van der Waals surface area contributed by atoms with Crippen LogP contribution in [-0.2, 0) is 6.54 Å². The molecule has 5 heteroatoms. The zero-order chi connectivity index (χ0) is 15.1. The molecule has 0 amide bonds. The van der Waals surface area contributed by atoms with Gasteiger partial charge in [0.05, 0.1) is 12.1 Å². The Bertz CT molecular complexity index is 1050. The normalized spacial score (nSPS) is 11.3. The van der Waals surface area contributed by atoms with Gasteiger partial charge in [0.15, 0.2) is 5.82 Å². The zero-order valence-electron chi connectivity index (χ0n) is 12.0. The first-order chi connectivity index (χ1) is 10.7. The summed E-state index contributed by atoms with van der Waals surface area (Å²) in [5.41, 5.74) is 0.824. The monoisotopic (exact) mass is 291 g/mol. The Kier molecular flexibility index (Phi) is 2.79. The molecule has 0 unspecified atom stereocenters. The molecule has 5 nitrogen and oxygen atoms in total. The van der Waals surface area contributed by atoms with Crippen molar-refractivity contribution in [2.75, 3.05) is 0 Å². The van der Waals surface area contributed by atoms with Crippen molar-refractivity contribution in [2.45, 2.75) is 13.5 Å². The standard InChI is InChI=1S/C17H13N3O2/c1-11-18-16(19-22-11)10-20-15-9-5-4-7-13(15)12-6-2-3-8-14(12)17(20)21/h2-9H,10H2,1H3. The summed E-state index contributed by atoms with van der Waals surface area (Å²) < 4.78 is 6.70. The van der Waals surface area contributed by atoms with E-state index in [4.69, 9.17) is 4.52 Å². The van der Waals surface area contributed by atoms with Crippen molar-refractivity contribution in [3.05, 3.63) is 70.6 Å². The van der Waals surface area contributed by atoms with E-state index >= 15 is 0 Å². The molecule has 22 heavy (non-hydrogen) atoms. The first-order valence-electron chi connectivity index (χ1n) is 7.03. The van der Waals surface area contributed by atoms with Crippen LogP contribution in [0.25, 0.3) is 21.7 Å². The molecule has 0 aliphatic carbocycles. The predicted octanol–water partition coefficient (Wildman–Crippen LogP) is 2.89. The van der Waals surface area contributed by atoms with E-state index in [0.717, 1.165) is 16.3 Å². The second kappa shape index (κ2) is 4.80. The molecule has 108 valence electrons. The van der Waals surface area contributed by atoms with Crippen LogP contribution in [0, 0.1) is 6.92 Å². The van der Waals surface area contributed by atoms with E-state index in [9.17, 15) is 4.79 Å². The minimum absolute atomic E-state index is 0.0447. The summed E-state index contributed by atoms with van der Waals surface area (Å²) in [5.74, 6) is 0.994. The van der Waals surface area contributed by atoms with Crippen LogP contribution in [0.1, 0.15) is 11.7 Å². The fourth-order valence-electron chi connectivity index (χ4n) is 2.80. The van der Waals surface area contributed by atoms with Gasteiger partial charge >= 0.3 is 0 Å². The summed E-state index contributed by atoms with van der Waals surface area (Å²) in [4.78, 5) is 17.0. The summed E-state index contributed by atoms with van der Waals surface area (Å²) in [5, 5.41) is 6.59. The number of aryl methyl sites for hydroxylation is 1. The van der Waals surface area contributed by atoms with Gasteiger partial charge in [0.25, 0.3) is 5.56 Å². The predicted molar refractivity (Wildman–Crippen MR) is 83.9 cm³/mol. The number of hydrogen-bond donors (Lipinski definition) is 0. The third-order valence-corrected chi connectivity index (χ3v) is 3.76. The van der Waals surface area contributed by atoms with Crippen LogP contribution >= 0.6 is 0 Å². The van der Waals surface area contributed by atoms with Gasteiger partial charge in [0.2, 0.25) is 5.89 Å². The molecule has 0 atom stereocenters. The highest BCUT2D eigenvalue weighted by Gasteiger charge is 2.12. The molecule has 0 N–H and O–H groups in total. The second-order valence-electron chi connectivity index (χ2n) is 5.18. The Hall–Kier alpha value is -2.95. The summed E-state index contributed by atoms with van der Waals surface area (Å²) in [7, 11) is 0. The maximum Gasteiger partial charge on any atom is 0.259 e. The van der Waals surface area contributed by atoms with E-state index in [-0.39, 0.29) is 5.56 Å². The largest absolute Gasteiger partial charge is 0.340 e. The summed E-state index contributed by atoms with van der Waals surface area (Å²) in [6.07, 6.45) is 0. The molecule has 0 spiro atoms. The average molecular weight is 291 g/mol. The van der Waals surface area contributed by atoms with Crippen molar-refractivity contribution in [3.8, 4) is 0 Å². The lowest BCUT2D eigenvalue weighted by Gasteiger charge is -2.11. The molecule has 0 bridgehead atoms. The fraction of sp³-hybridized carbons (Fsp3) is 0.118. The SMILES string of the molecule is Cc1nc(Cn2c(=O)c3ccccc3c3ccccc32)no1. The van der Waals surface area contributed by atoms with Crippen molar-refractivity contribution in [1.82, 2.24) is 14.7 Å². The number of benzene rings is 2. The van der Waals surface area contributed by atoms with Gasteiger partial charge in [-0.1, -0.05) is 41.6 Å². The lowest BCUT2D eigenvalue weighted by molar-refractivity contribution is 0.386. The first kappa shape index (κ1) is 12.8. The quantitative estimate of drug-likeness (QED) is 0.533. The van der Waals surface area contributed by atoms with Crippen LogP contribution in [0.4, 0.5) is 0 Å². The molecule has 2 heterocycles. The zero-order valence-corrected chi connectivity index (χ0v) is 12.0. The van der Waals surface area contributed by atoms with E-state index in [0.29, 0.717) is 23.6 Å². The third-order valence-electron chi connectivity index (χ3n) is 3.76. The number of rotatable bonds is 2. The Balaban J connectivity index is 2.07. The fourth-order valence-corrected chi connectivity index (χ4v) is 2.80. The van der Waals surface area contributed by atoms with Crippen LogP contribution in [0.2, 0.25) is 0 Å². The molecule has 0 saturated heterocycles. The summed E-state index contributed by atoms with van der Waals surface area (Å²) in [6.45, 7) is 2.03. The molecule has 2 aromatic heterocycles. The molecular formula is C17H13N3O2. The smallest absolute Gasteiger partial charge is 0.259 e. The van der Waals surface area contributed by atoms with Crippen LogP contribution in [-0.4, -0.2) is 14.7 Å². The summed E-state index contributed by atoms with van der Waals surface area (Å²) in [6, 6.07) is 15.5. The molecule has 0 radical (unpaired) electrons. The van der Waals surface area contributed by atoms with Gasteiger partial charge in [0, 0.05) is 17.7 Å². The Morgan fingerprint density at radius 2 is 1.68 bits per heavy atom. The van der Waals surface area contributed by atoms with E-state index in [2.05, 4.69) is 10.1 Å². The van der Waals surface area contributed by atoms with Crippen LogP contribution < -0.4 is 5.56 Å². The molecule has 2 aromatic carbocycles. The average Bonchev–Trinajstić information content (AvgIpc) is 2.97. The number of para-hydroxylation sites is 1. The third kappa shape index (κ3) is 1.90. The van der Waals surface area contributed by atoms with Gasteiger partial charge in [0.1, 0.15) is 0 Å². The minimum atomic E-state index is -0.0447. The van der Waals surface area contributed by atoms with Crippen molar-refractivity contribution < 1.29 is 4.52 Å². The Morgan fingerprint density at radius 3 is 2.41 bits per heavy atom. The number of aromatic nitrogens is 3. The van der Waals surface area contributed by atoms with Crippen molar-refractivity contribution in [2.24, 2.45) is 0 Å². The minimum Gasteiger partial charge on any atom is -0.340 e. The van der Waals surface area contributed by atoms with Gasteiger partial charge in [-0.2, -0.15) is 4.98 Å². The van der Waals surface area contributed by atoms with Crippen molar-refractivity contribution in [3.63, 3.8) is 0 Å². The molecule has 0 aliphatic rings. The van der Waals surface area contributed by atoms with Gasteiger partial charge < -0.3 is 4.52 Å². The molecular weight excluding hydrogens is 278 g/mol. The van der Waals surface area contributed by atoms with Crippen molar-refractivity contribution >= 4 is 21.7 Å². The highest BCUT2D eigenvalue weighted by Crippen LogP contribution is 2.22. The Morgan fingerprint density at radius 1 is 1.00 bits per heavy atom. The van der Waals surface area contributed by atoms with E-state index in [1.807, 2.05) is 48.5 Å². The van der Waals surface area contributed by atoms with Crippen molar-refractivity contribution in [1.29, 1.82) is 0 Å². The molecule has 0 aliphatic heterocycles. The van der Waals surface area contributed by atoms with Crippen LogP contribution in [0.5, 0.6) is 0 Å². The molecule has 4 aromatic rings. The van der Waals surface area contributed by atoms with Gasteiger partial charge in [-0.25, -0.2) is 0 Å². The molecule has 4 rings (SSSR count). The van der Waals surface area contributed by atoms with Gasteiger partial charge in [-0.15, -0.1) is 0 Å². The molecule has 0 fully saturated rings. The second-order valence-corrected chi connectivity index (χ2v) is 5.18. The van der Waals surface area contributed by atoms with E-state index < -0.39 is 0 Å². The molecule has 0 saturated carbocycles. The summed E-state index contributed by atoms with van der Waals surface area (Å²) >= 11 is 0. The highest BCUT2D eigenvalue weighted by atomic mass is 16.5. The number of nitrogens with zero attached hydrogens (tertiary/aromatic N) is 3. The lowest BCUT2D eigenvalue weighted by atomic mass is 10.1. The maximum absolute atomic E-state index is 12.8. The topological polar surface area (TPSA) is 60.9 Å². The Labute approximate surface area is 125 Å². The first-order valence-corrected chi connectivity index (χ1v) is 7.03. The maximum atomic E-state index is 12.8. The van der Waals surface area contributed by atoms with E-state index in [1.54, 1.807) is 11.5 Å². The number of pyridine rings is 1.